The Kier molecular flexibility index (Phi) is 14.4. The minimum absolute atomic E-state index is 0.0563. The Balaban J connectivity index is 0.000000214. The molecule has 2 aliphatic carbocycles. The van der Waals surface area contributed by atoms with Crippen molar-refractivity contribution in [2.75, 3.05) is 0 Å². The molecule has 0 aliphatic heterocycles. The Bertz CT molecular complexity index is 2020. The van der Waals surface area contributed by atoms with Gasteiger partial charge in [-0.3, -0.25) is 9.59 Å². The number of esters is 2. The molecule has 0 heterocycles. The first-order valence-corrected chi connectivity index (χ1v) is 20.7. The minimum Gasteiger partial charge on any atom is -0.457 e. The second-order valence-corrected chi connectivity index (χ2v) is 20.0. The molecule has 2 fully saturated rings. The zero-order chi connectivity index (χ0) is 40.6. The maximum absolute atomic E-state index is 12.7. The van der Waals surface area contributed by atoms with Crippen LogP contribution in [0, 0.1) is 57.2 Å². The van der Waals surface area contributed by atoms with Gasteiger partial charge in [0.1, 0.15) is 35.1 Å². The lowest BCUT2D eigenvalue weighted by Gasteiger charge is -2.13. The van der Waals surface area contributed by atoms with Crippen molar-refractivity contribution in [2.24, 2.45) is 34.5 Å². The molecule has 12 heteroatoms. The molecule has 6 rings (SSSR count). The number of carbonyl (C=O) groups excluding carboxylic acids is 2. The van der Waals surface area contributed by atoms with E-state index in [-0.39, 0.29) is 46.4 Å². The maximum Gasteiger partial charge on any atom is 0.311 e. The molecule has 56 heavy (non-hydrogen) atoms. The second kappa shape index (κ2) is 18.8. The fraction of sp³-hybridized carbons (Fsp3) is 0.273. The van der Waals surface area contributed by atoms with Crippen molar-refractivity contribution in [1.29, 1.82) is 10.5 Å². The van der Waals surface area contributed by atoms with Crippen LogP contribution in [-0.2, 0) is 19.1 Å². The predicted octanol–water partition coefficient (Wildman–Crippen LogP) is 13.0. The summed E-state index contributed by atoms with van der Waals surface area (Å²) in [4.78, 5) is 25.3. The summed E-state index contributed by atoms with van der Waals surface area (Å²) in [6.45, 7) is 8.05. The summed E-state index contributed by atoms with van der Waals surface area (Å²) < 4.78 is 24.3. The number of ether oxygens (including phenoxy) is 4. The second-order valence-electron chi connectivity index (χ2n) is 14.4. The molecule has 288 valence electrons. The summed E-state index contributed by atoms with van der Waals surface area (Å²) in [6, 6.07) is 37.0. The summed E-state index contributed by atoms with van der Waals surface area (Å²) in [5, 5.41) is 19.1. The van der Waals surface area contributed by atoms with E-state index >= 15 is 0 Å². The number of nitrogens with zero attached hydrogens (tertiary/aromatic N) is 2. The van der Waals surface area contributed by atoms with Crippen molar-refractivity contribution in [1.82, 2.24) is 0 Å². The van der Waals surface area contributed by atoms with E-state index in [9.17, 15) is 20.1 Å². The van der Waals surface area contributed by atoms with E-state index in [1.54, 1.807) is 48.5 Å². The highest BCUT2D eigenvalue weighted by atomic mass is 79.9. The standard InChI is InChI=1S/2C22H19Br2NO3/c2*1-22(2)17(12-19(23)24)20(22)21(26)28-18(13-25)14-7-6-10-16(11-14)27-15-8-4-3-5-9-15/h2*3-12,17-18,20H,1-2H3/t17-,18+,20-;/m0./s1. The first-order valence-electron chi connectivity index (χ1n) is 17.6. The largest absolute Gasteiger partial charge is 0.457 e. The number of allylic oxidation sites excluding steroid dienone is 2. The number of halogens is 4. The van der Waals surface area contributed by atoms with E-state index in [4.69, 9.17) is 18.9 Å². The van der Waals surface area contributed by atoms with E-state index in [0.717, 1.165) is 6.78 Å². The number of nitriles is 2. The Morgan fingerprint density at radius 3 is 1.23 bits per heavy atom. The highest BCUT2D eigenvalue weighted by molar-refractivity contribution is 9.28. The predicted molar refractivity (Wildman–Crippen MR) is 228 cm³/mol. The van der Waals surface area contributed by atoms with Crippen LogP contribution in [0.15, 0.2) is 128 Å². The third-order valence-corrected chi connectivity index (χ3v) is 11.0. The third kappa shape index (κ3) is 11.0. The lowest BCUT2D eigenvalue weighted by Crippen LogP contribution is -2.14. The number of benzene rings is 4. The number of para-hydroxylation sites is 2. The van der Waals surface area contributed by atoms with Gasteiger partial charge in [0.15, 0.2) is 0 Å². The number of carbonyl (C=O) groups is 2. The van der Waals surface area contributed by atoms with Gasteiger partial charge in [0.2, 0.25) is 12.2 Å². The summed E-state index contributed by atoms with van der Waals surface area (Å²) in [5.41, 5.74) is 0.748. The van der Waals surface area contributed by atoms with Crippen LogP contribution in [0.4, 0.5) is 0 Å². The molecule has 0 saturated heterocycles. The molecular formula is C44H38Br4N2O6. The average molecular weight is 1010 g/mol. The summed E-state index contributed by atoms with van der Waals surface area (Å²) >= 11 is 13.4. The molecule has 0 aromatic heterocycles. The van der Waals surface area contributed by atoms with Gasteiger partial charge in [0.05, 0.1) is 18.6 Å². The molecule has 0 bridgehead atoms. The Hall–Kier alpha value is -4.20. The van der Waals surface area contributed by atoms with Crippen LogP contribution in [0.5, 0.6) is 23.0 Å². The molecule has 6 atom stereocenters. The third-order valence-electron chi connectivity index (χ3n) is 9.92. The molecule has 2 aliphatic rings. The maximum atomic E-state index is 12.7. The topological polar surface area (TPSA) is 119 Å². The SMILES string of the molecule is CC1(C)C(C=C(Br)Br)C1C(=O)OC(C#N)c1cccc(Oc2ccccc2)c1.CC1(C)[C@H](C(=O)O[C@H](C#N)c2cccc(Oc3ccccc3)c2)[C@@H]1C=C(Br)Br. The van der Waals surface area contributed by atoms with Gasteiger partial charge < -0.3 is 18.9 Å². The first-order chi connectivity index (χ1) is 26.6. The van der Waals surface area contributed by atoms with Gasteiger partial charge in [-0.15, -0.1) is 0 Å². The summed E-state index contributed by atoms with van der Waals surface area (Å²) in [6.07, 6.45) is 1.92. The van der Waals surface area contributed by atoms with Crippen LogP contribution in [0.3, 0.4) is 0 Å². The van der Waals surface area contributed by atoms with Gasteiger partial charge in [-0.05, 0) is 135 Å². The van der Waals surface area contributed by atoms with Gasteiger partial charge >= 0.3 is 11.9 Å². The van der Waals surface area contributed by atoms with Crippen LogP contribution in [0.2, 0.25) is 0 Å². The fourth-order valence-corrected chi connectivity index (χ4v) is 7.74. The Morgan fingerprint density at radius 1 is 0.571 bits per heavy atom. The Labute approximate surface area is 361 Å². The average Bonchev–Trinajstić information content (AvgIpc) is 3.93. The summed E-state index contributed by atoms with van der Waals surface area (Å²) in [5.74, 6) is 1.37. The van der Waals surface area contributed by atoms with E-state index in [1.165, 1.54) is 0 Å². The highest BCUT2D eigenvalue weighted by Crippen LogP contribution is 2.61. The molecule has 0 amide bonds. The van der Waals surface area contributed by atoms with Crippen LogP contribution in [0.1, 0.15) is 51.0 Å². The monoisotopic (exact) mass is 1010 g/mol. The quantitative estimate of drug-likeness (QED) is 0.129. The molecule has 0 spiro atoms. The van der Waals surface area contributed by atoms with E-state index in [2.05, 4.69) is 75.9 Å². The van der Waals surface area contributed by atoms with Crippen LogP contribution >= 0.6 is 63.7 Å². The molecule has 4 aromatic rings. The molecule has 0 N–H and O–H groups in total. The van der Waals surface area contributed by atoms with Gasteiger partial charge in [-0.1, -0.05) is 101 Å². The number of hydrogen-bond donors (Lipinski definition) is 0. The van der Waals surface area contributed by atoms with Crippen molar-refractivity contribution in [3.05, 3.63) is 139 Å². The minimum atomic E-state index is -0.986. The van der Waals surface area contributed by atoms with Crippen LogP contribution in [-0.4, -0.2) is 11.9 Å². The van der Waals surface area contributed by atoms with Gasteiger partial charge in [-0.2, -0.15) is 10.5 Å². The van der Waals surface area contributed by atoms with E-state index in [1.807, 2.05) is 101 Å². The number of rotatable bonds is 12. The van der Waals surface area contributed by atoms with Gasteiger partial charge in [-0.25, -0.2) is 0 Å². The van der Waals surface area contributed by atoms with Crippen LogP contribution < -0.4 is 9.47 Å². The Morgan fingerprint density at radius 2 is 0.911 bits per heavy atom. The van der Waals surface area contributed by atoms with Crippen molar-refractivity contribution >= 4 is 75.7 Å². The van der Waals surface area contributed by atoms with Crippen molar-refractivity contribution in [3.63, 3.8) is 0 Å². The smallest absolute Gasteiger partial charge is 0.311 e. The fourth-order valence-electron chi connectivity index (χ4n) is 6.60. The van der Waals surface area contributed by atoms with E-state index in [0.29, 0.717) is 34.1 Å². The first kappa shape index (κ1) is 42.9. The van der Waals surface area contributed by atoms with Crippen molar-refractivity contribution in [2.45, 2.75) is 39.9 Å². The normalized spacial score (nSPS) is 20.4. The van der Waals surface area contributed by atoms with Gasteiger partial charge in [0.25, 0.3) is 0 Å². The van der Waals surface area contributed by atoms with Crippen molar-refractivity contribution < 1.29 is 28.5 Å². The lowest BCUT2D eigenvalue weighted by atomic mass is 10.1. The van der Waals surface area contributed by atoms with Crippen molar-refractivity contribution in [3.8, 4) is 35.1 Å². The van der Waals surface area contributed by atoms with Gasteiger partial charge in [0, 0.05) is 11.1 Å². The van der Waals surface area contributed by atoms with E-state index < -0.39 is 12.2 Å². The van der Waals surface area contributed by atoms with Crippen LogP contribution in [0.25, 0.3) is 0 Å². The number of hydrogen-bond acceptors (Lipinski definition) is 8. The molecular weight excluding hydrogens is 972 g/mol. The molecule has 2 saturated carbocycles. The lowest BCUT2D eigenvalue weighted by molar-refractivity contribution is -0.150. The zero-order valence-corrected chi connectivity index (χ0v) is 37.2. The highest BCUT2D eigenvalue weighted by Gasteiger charge is 2.62. The molecule has 4 aromatic carbocycles. The molecule has 8 nitrogen and oxygen atoms in total. The molecule has 3 unspecified atom stereocenters. The summed E-state index contributed by atoms with van der Waals surface area (Å²) in [7, 11) is 0. The molecule has 0 radical (unpaired) electrons. The zero-order valence-electron chi connectivity index (χ0n) is 30.9.